The molecule has 0 fully saturated rings. The molecule has 4 nitrogen and oxygen atoms in total. The summed E-state index contributed by atoms with van der Waals surface area (Å²) in [5, 5.41) is 2.89. The lowest BCUT2D eigenvalue weighted by Gasteiger charge is -2.38. The van der Waals surface area contributed by atoms with E-state index in [1.807, 2.05) is 32.6 Å². The lowest BCUT2D eigenvalue weighted by molar-refractivity contribution is -0.136. The summed E-state index contributed by atoms with van der Waals surface area (Å²) < 4.78 is 0. The van der Waals surface area contributed by atoms with E-state index in [-0.39, 0.29) is 17.4 Å². The van der Waals surface area contributed by atoms with Crippen molar-refractivity contribution in [3.05, 3.63) is 0 Å². The van der Waals surface area contributed by atoms with Gasteiger partial charge in [-0.3, -0.25) is 9.59 Å². The topological polar surface area (TPSA) is 49.4 Å². The number of amides is 2. The van der Waals surface area contributed by atoms with Crippen LogP contribution in [0.1, 0.15) is 59.8 Å². The monoisotopic (exact) mass is 280 g/mol. The van der Waals surface area contributed by atoms with Gasteiger partial charge >= 0.3 is 0 Å². The molecule has 2 amide bonds. The van der Waals surface area contributed by atoms with Crippen molar-refractivity contribution in [3.63, 3.8) is 0 Å². The molecule has 0 aromatic carbocycles. The fraction of sp³-hybridized carbons (Fsp3) is 0.750. The summed E-state index contributed by atoms with van der Waals surface area (Å²) in [4.78, 5) is 25.3. The summed E-state index contributed by atoms with van der Waals surface area (Å²) in [7, 11) is 0. The highest BCUT2D eigenvalue weighted by atomic mass is 16.2. The van der Waals surface area contributed by atoms with Crippen molar-refractivity contribution < 1.29 is 9.59 Å². The molecule has 0 atom stereocenters. The minimum absolute atomic E-state index is 0.0286. The quantitative estimate of drug-likeness (QED) is 0.520. The van der Waals surface area contributed by atoms with Crippen LogP contribution in [0.4, 0.5) is 0 Å². The van der Waals surface area contributed by atoms with Gasteiger partial charge in [0.2, 0.25) is 11.8 Å². The number of terminal acetylenes is 1. The SMILES string of the molecule is C#CCCCC(=O)NCCC(C)(C)N(CC)C(=O)CC. The first-order valence-electron chi connectivity index (χ1n) is 7.39. The second kappa shape index (κ2) is 9.41. The predicted octanol–water partition coefficient (Wildman–Crippen LogP) is 2.33. The number of nitrogens with one attached hydrogen (secondary N) is 1. The van der Waals surface area contributed by atoms with E-state index in [1.54, 1.807) is 0 Å². The number of nitrogens with zero attached hydrogens (tertiary/aromatic N) is 1. The van der Waals surface area contributed by atoms with Crippen LogP contribution in [0.2, 0.25) is 0 Å². The van der Waals surface area contributed by atoms with E-state index in [0.29, 0.717) is 32.4 Å². The lowest BCUT2D eigenvalue weighted by atomic mass is 9.97. The lowest BCUT2D eigenvalue weighted by Crippen LogP contribution is -2.49. The van der Waals surface area contributed by atoms with Crippen molar-refractivity contribution in [2.24, 2.45) is 0 Å². The van der Waals surface area contributed by atoms with Gasteiger partial charge in [-0.2, -0.15) is 0 Å². The average Bonchev–Trinajstić information content (AvgIpc) is 2.39. The van der Waals surface area contributed by atoms with Crippen molar-refractivity contribution in [3.8, 4) is 12.3 Å². The molecule has 0 saturated heterocycles. The molecule has 0 aromatic rings. The Labute approximate surface area is 123 Å². The molecule has 0 rings (SSSR count). The Balaban J connectivity index is 4.18. The Hall–Kier alpha value is -1.50. The van der Waals surface area contributed by atoms with Gasteiger partial charge in [0.15, 0.2) is 0 Å². The fourth-order valence-corrected chi connectivity index (χ4v) is 2.21. The van der Waals surface area contributed by atoms with Crippen LogP contribution < -0.4 is 5.32 Å². The van der Waals surface area contributed by atoms with E-state index in [4.69, 9.17) is 6.42 Å². The zero-order chi connectivity index (χ0) is 15.6. The summed E-state index contributed by atoms with van der Waals surface area (Å²) in [6.07, 6.45) is 8.22. The Morgan fingerprint density at radius 3 is 2.45 bits per heavy atom. The van der Waals surface area contributed by atoms with Crippen LogP contribution in [-0.4, -0.2) is 35.3 Å². The third-order valence-corrected chi connectivity index (χ3v) is 3.43. The van der Waals surface area contributed by atoms with E-state index < -0.39 is 0 Å². The number of carbonyl (C=O) groups is 2. The van der Waals surface area contributed by atoms with Crippen LogP contribution in [0.3, 0.4) is 0 Å². The second-order valence-corrected chi connectivity index (χ2v) is 5.46. The number of rotatable bonds is 9. The van der Waals surface area contributed by atoms with Crippen LogP contribution >= 0.6 is 0 Å². The Kier molecular flexibility index (Phi) is 8.71. The van der Waals surface area contributed by atoms with Gasteiger partial charge in [0.25, 0.3) is 0 Å². The van der Waals surface area contributed by atoms with Gasteiger partial charge in [-0.15, -0.1) is 12.3 Å². The molecular formula is C16H28N2O2. The highest BCUT2D eigenvalue weighted by Gasteiger charge is 2.28. The standard InChI is InChI=1S/C16H28N2O2/c1-6-9-10-11-14(19)17-13-12-16(4,5)18(8-3)15(20)7-2/h1H,7-13H2,2-5H3,(H,17,19). The molecule has 0 saturated carbocycles. The first-order valence-corrected chi connectivity index (χ1v) is 7.39. The first kappa shape index (κ1) is 18.5. The maximum absolute atomic E-state index is 11.9. The number of carbonyl (C=O) groups excluding carboxylic acids is 2. The van der Waals surface area contributed by atoms with Crippen molar-refractivity contribution in [1.29, 1.82) is 0 Å². The molecule has 0 aliphatic carbocycles. The van der Waals surface area contributed by atoms with E-state index in [1.165, 1.54) is 0 Å². The summed E-state index contributed by atoms with van der Waals surface area (Å²) in [5.74, 6) is 2.70. The van der Waals surface area contributed by atoms with E-state index in [0.717, 1.165) is 12.8 Å². The predicted molar refractivity (Wildman–Crippen MR) is 82.1 cm³/mol. The molecule has 114 valence electrons. The number of hydrogen-bond acceptors (Lipinski definition) is 2. The summed E-state index contributed by atoms with van der Waals surface area (Å²) in [5.41, 5.74) is -0.242. The highest BCUT2D eigenvalue weighted by molar-refractivity contribution is 5.77. The summed E-state index contributed by atoms with van der Waals surface area (Å²) in [6.45, 7) is 9.19. The van der Waals surface area contributed by atoms with Crippen LogP contribution in [0.5, 0.6) is 0 Å². The maximum atomic E-state index is 11.9. The Bertz CT molecular complexity index is 356. The Morgan fingerprint density at radius 1 is 1.30 bits per heavy atom. The fourth-order valence-electron chi connectivity index (χ4n) is 2.21. The van der Waals surface area contributed by atoms with Gasteiger partial charge in [0.1, 0.15) is 0 Å². The van der Waals surface area contributed by atoms with Crippen LogP contribution in [0, 0.1) is 12.3 Å². The molecule has 0 aromatic heterocycles. The molecule has 0 aliphatic rings. The van der Waals surface area contributed by atoms with Crippen molar-refractivity contribution in [2.75, 3.05) is 13.1 Å². The zero-order valence-electron chi connectivity index (χ0n) is 13.3. The van der Waals surface area contributed by atoms with Crippen molar-refractivity contribution >= 4 is 11.8 Å². The smallest absolute Gasteiger partial charge is 0.222 e. The third kappa shape index (κ3) is 6.60. The van der Waals surface area contributed by atoms with Gasteiger partial charge in [0, 0.05) is 37.9 Å². The van der Waals surface area contributed by atoms with Gasteiger partial charge in [-0.05, 0) is 33.6 Å². The van der Waals surface area contributed by atoms with E-state index in [9.17, 15) is 9.59 Å². The van der Waals surface area contributed by atoms with Gasteiger partial charge in [-0.25, -0.2) is 0 Å². The van der Waals surface area contributed by atoms with Crippen molar-refractivity contribution in [1.82, 2.24) is 10.2 Å². The summed E-state index contributed by atoms with van der Waals surface area (Å²) >= 11 is 0. The van der Waals surface area contributed by atoms with Gasteiger partial charge in [0.05, 0.1) is 0 Å². The van der Waals surface area contributed by atoms with Crippen LogP contribution in [0.25, 0.3) is 0 Å². The molecule has 20 heavy (non-hydrogen) atoms. The van der Waals surface area contributed by atoms with Gasteiger partial charge < -0.3 is 10.2 Å². The molecule has 0 spiro atoms. The van der Waals surface area contributed by atoms with Gasteiger partial charge in [-0.1, -0.05) is 6.92 Å². The van der Waals surface area contributed by atoms with Crippen molar-refractivity contribution in [2.45, 2.75) is 65.3 Å². The minimum atomic E-state index is -0.242. The third-order valence-electron chi connectivity index (χ3n) is 3.43. The normalized spacial score (nSPS) is 10.8. The molecule has 4 heteroatoms. The second-order valence-electron chi connectivity index (χ2n) is 5.46. The number of unbranched alkanes of at least 4 members (excludes halogenated alkanes) is 1. The largest absolute Gasteiger partial charge is 0.356 e. The number of hydrogen-bond donors (Lipinski definition) is 1. The Morgan fingerprint density at radius 2 is 1.95 bits per heavy atom. The molecule has 1 N–H and O–H groups in total. The van der Waals surface area contributed by atoms with E-state index in [2.05, 4.69) is 11.2 Å². The molecule has 0 bridgehead atoms. The summed E-state index contributed by atoms with van der Waals surface area (Å²) in [6, 6.07) is 0. The average molecular weight is 280 g/mol. The highest BCUT2D eigenvalue weighted by Crippen LogP contribution is 2.19. The molecule has 0 radical (unpaired) electrons. The van der Waals surface area contributed by atoms with E-state index >= 15 is 0 Å². The molecule has 0 heterocycles. The maximum Gasteiger partial charge on any atom is 0.222 e. The zero-order valence-corrected chi connectivity index (χ0v) is 13.3. The molecule has 0 unspecified atom stereocenters. The molecule has 0 aliphatic heterocycles. The minimum Gasteiger partial charge on any atom is -0.356 e. The molecular weight excluding hydrogens is 252 g/mol. The van der Waals surface area contributed by atoms with Crippen LogP contribution in [0.15, 0.2) is 0 Å². The van der Waals surface area contributed by atoms with Crippen LogP contribution in [-0.2, 0) is 9.59 Å². The first-order chi connectivity index (χ1) is 9.38.